The van der Waals surface area contributed by atoms with Crippen LogP contribution >= 0.6 is 15.9 Å². The molecule has 2 aliphatic rings. The highest BCUT2D eigenvalue weighted by Crippen LogP contribution is 2.23. The topological polar surface area (TPSA) is 23.6 Å². The Morgan fingerprint density at radius 3 is 2.71 bits per heavy atom. The number of piperazine rings is 1. The molecule has 2 heterocycles. The van der Waals surface area contributed by atoms with E-state index < -0.39 is 0 Å². The van der Waals surface area contributed by atoms with E-state index in [1.54, 1.807) is 0 Å². The van der Waals surface area contributed by atoms with Crippen molar-refractivity contribution >= 4 is 21.7 Å². The van der Waals surface area contributed by atoms with Gasteiger partial charge in [-0.3, -0.25) is 14.6 Å². The Bertz CT molecular complexity index is 502. The van der Waals surface area contributed by atoms with Crippen molar-refractivity contribution in [2.45, 2.75) is 38.3 Å². The summed E-state index contributed by atoms with van der Waals surface area (Å²) in [5.74, 6) is 0.242. The number of fused-ring (bicyclic) bond motifs is 1. The molecule has 21 heavy (non-hydrogen) atoms. The molecule has 2 aliphatic heterocycles. The van der Waals surface area contributed by atoms with Crippen molar-refractivity contribution in [3.05, 3.63) is 34.3 Å². The standard InChI is InChI=1S/C17H23BrN2O/c1-13(17(21)14-5-7-15(18)8-6-14)20-11-10-19-9-3-2-4-16(19)12-20/h5-8,13,16H,2-4,9-12H2,1H3. The van der Waals surface area contributed by atoms with Gasteiger partial charge in [0.2, 0.25) is 0 Å². The average molecular weight is 351 g/mol. The van der Waals surface area contributed by atoms with Gasteiger partial charge in [-0.1, -0.05) is 34.5 Å². The molecule has 0 bridgehead atoms. The molecule has 114 valence electrons. The van der Waals surface area contributed by atoms with E-state index in [2.05, 4.69) is 32.7 Å². The first-order valence-electron chi connectivity index (χ1n) is 7.93. The molecule has 1 aromatic rings. The first-order chi connectivity index (χ1) is 10.1. The van der Waals surface area contributed by atoms with Crippen LogP contribution < -0.4 is 0 Å². The smallest absolute Gasteiger partial charge is 0.179 e. The Morgan fingerprint density at radius 1 is 1.19 bits per heavy atom. The number of rotatable bonds is 3. The second-order valence-electron chi connectivity index (χ2n) is 6.23. The van der Waals surface area contributed by atoms with Crippen LogP contribution in [0, 0.1) is 0 Å². The number of ketones is 1. The zero-order chi connectivity index (χ0) is 14.8. The van der Waals surface area contributed by atoms with E-state index in [9.17, 15) is 4.79 Å². The maximum atomic E-state index is 12.6. The van der Waals surface area contributed by atoms with Crippen LogP contribution in [0.1, 0.15) is 36.5 Å². The van der Waals surface area contributed by atoms with Gasteiger partial charge in [0.15, 0.2) is 5.78 Å². The van der Waals surface area contributed by atoms with Gasteiger partial charge in [0, 0.05) is 35.7 Å². The first kappa shape index (κ1) is 15.2. The average Bonchev–Trinajstić information content (AvgIpc) is 2.54. The van der Waals surface area contributed by atoms with E-state index in [1.807, 2.05) is 24.3 Å². The minimum absolute atomic E-state index is 0.0183. The predicted molar refractivity (Wildman–Crippen MR) is 88.7 cm³/mol. The Morgan fingerprint density at radius 2 is 1.95 bits per heavy atom. The lowest BCUT2D eigenvalue weighted by Crippen LogP contribution is -2.57. The summed E-state index contributed by atoms with van der Waals surface area (Å²) in [4.78, 5) is 17.6. The van der Waals surface area contributed by atoms with Crippen LogP contribution in [-0.4, -0.2) is 53.8 Å². The summed E-state index contributed by atoms with van der Waals surface area (Å²) in [7, 11) is 0. The number of hydrogen-bond donors (Lipinski definition) is 0. The van der Waals surface area contributed by atoms with Crippen molar-refractivity contribution < 1.29 is 4.79 Å². The van der Waals surface area contributed by atoms with E-state index in [1.165, 1.54) is 25.8 Å². The summed E-state index contributed by atoms with van der Waals surface area (Å²) in [6.45, 7) is 6.47. The zero-order valence-electron chi connectivity index (χ0n) is 12.6. The highest BCUT2D eigenvalue weighted by molar-refractivity contribution is 9.10. The van der Waals surface area contributed by atoms with Crippen molar-refractivity contribution in [1.29, 1.82) is 0 Å². The number of hydrogen-bond acceptors (Lipinski definition) is 3. The Labute approximate surface area is 135 Å². The molecule has 4 heteroatoms. The molecular weight excluding hydrogens is 328 g/mol. The third kappa shape index (κ3) is 3.38. The summed E-state index contributed by atoms with van der Waals surface area (Å²) in [6, 6.07) is 8.36. The number of benzene rings is 1. The lowest BCUT2D eigenvalue weighted by molar-refractivity contribution is 0.0300. The summed E-state index contributed by atoms with van der Waals surface area (Å²) < 4.78 is 1.02. The number of Topliss-reactive ketones (excluding diaryl/α,β-unsaturated/α-hetero) is 1. The van der Waals surface area contributed by atoms with Crippen molar-refractivity contribution in [2.24, 2.45) is 0 Å². The third-order valence-electron chi connectivity index (χ3n) is 4.92. The number of piperidine rings is 1. The number of nitrogens with zero attached hydrogens (tertiary/aromatic N) is 2. The lowest BCUT2D eigenvalue weighted by Gasteiger charge is -2.45. The molecule has 2 fully saturated rings. The second kappa shape index (κ2) is 6.59. The van der Waals surface area contributed by atoms with Gasteiger partial charge in [-0.05, 0) is 38.4 Å². The molecule has 1 aromatic carbocycles. The molecule has 0 aliphatic carbocycles. The first-order valence-corrected chi connectivity index (χ1v) is 8.72. The number of carbonyl (C=O) groups is 1. The Balaban J connectivity index is 1.66. The molecule has 0 N–H and O–H groups in total. The zero-order valence-corrected chi connectivity index (χ0v) is 14.2. The van der Waals surface area contributed by atoms with Crippen molar-refractivity contribution in [2.75, 3.05) is 26.2 Å². The predicted octanol–water partition coefficient (Wildman–Crippen LogP) is 3.19. The van der Waals surface area contributed by atoms with Crippen LogP contribution in [0.25, 0.3) is 0 Å². The van der Waals surface area contributed by atoms with E-state index in [4.69, 9.17) is 0 Å². The van der Waals surface area contributed by atoms with Gasteiger partial charge in [0.25, 0.3) is 0 Å². The summed E-state index contributed by atoms with van der Waals surface area (Å²) in [6.07, 6.45) is 3.96. The SMILES string of the molecule is CC(C(=O)c1ccc(Br)cc1)N1CCN2CCCCC2C1. The van der Waals surface area contributed by atoms with E-state index in [-0.39, 0.29) is 11.8 Å². The van der Waals surface area contributed by atoms with Gasteiger partial charge in [-0.15, -0.1) is 0 Å². The van der Waals surface area contributed by atoms with Gasteiger partial charge in [0.05, 0.1) is 6.04 Å². The molecule has 2 saturated heterocycles. The monoisotopic (exact) mass is 350 g/mol. The molecule has 3 rings (SSSR count). The van der Waals surface area contributed by atoms with Crippen molar-refractivity contribution in [3.8, 4) is 0 Å². The maximum Gasteiger partial charge on any atom is 0.179 e. The largest absolute Gasteiger partial charge is 0.298 e. The summed E-state index contributed by atoms with van der Waals surface area (Å²) >= 11 is 3.42. The molecular formula is C17H23BrN2O. The van der Waals surface area contributed by atoms with Crippen molar-refractivity contribution in [1.82, 2.24) is 9.80 Å². The van der Waals surface area contributed by atoms with Crippen LogP contribution in [0.2, 0.25) is 0 Å². The van der Waals surface area contributed by atoms with Crippen LogP contribution in [0.3, 0.4) is 0 Å². The quantitative estimate of drug-likeness (QED) is 0.782. The van der Waals surface area contributed by atoms with Gasteiger partial charge < -0.3 is 0 Å². The molecule has 0 saturated carbocycles. The van der Waals surface area contributed by atoms with E-state index in [0.717, 1.165) is 29.7 Å². The fraction of sp³-hybridized carbons (Fsp3) is 0.588. The minimum Gasteiger partial charge on any atom is -0.298 e. The highest BCUT2D eigenvalue weighted by Gasteiger charge is 2.32. The second-order valence-corrected chi connectivity index (χ2v) is 7.14. The maximum absolute atomic E-state index is 12.6. The molecule has 0 aromatic heterocycles. The number of halogens is 1. The van der Waals surface area contributed by atoms with Crippen LogP contribution in [0.4, 0.5) is 0 Å². The van der Waals surface area contributed by atoms with E-state index in [0.29, 0.717) is 6.04 Å². The highest BCUT2D eigenvalue weighted by atomic mass is 79.9. The molecule has 0 radical (unpaired) electrons. The van der Waals surface area contributed by atoms with Crippen molar-refractivity contribution in [3.63, 3.8) is 0 Å². The van der Waals surface area contributed by atoms with Gasteiger partial charge in [0.1, 0.15) is 0 Å². The Hall–Kier alpha value is -0.710. The third-order valence-corrected chi connectivity index (χ3v) is 5.45. The fourth-order valence-electron chi connectivity index (χ4n) is 3.55. The number of carbonyl (C=O) groups excluding carboxylic acids is 1. The van der Waals surface area contributed by atoms with Gasteiger partial charge >= 0.3 is 0 Å². The molecule has 2 atom stereocenters. The fourth-order valence-corrected chi connectivity index (χ4v) is 3.82. The normalized spacial score (nSPS) is 25.3. The summed E-state index contributed by atoms with van der Waals surface area (Å²) in [5.41, 5.74) is 0.816. The molecule has 3 nitrogen and oxygen atoms in total. The summed E-state index contributed by atoms with van der Waals surface area (Å²) in [5, 5.41) is 0. The molecule has 2 unspecified atom stereocenters. The molecule has 0 amide bonds. The lowest BCUT2D eigenvalue weighted by atomic mass is 9.97. The van der Waals surface area contributed by atoms with Crippen LogP contribution in [-0.2, 0) is 0 Å². The van der Waals surface area contributed by atoms with Gasteiger partial charge in [-0.25, -0.2) is 0 Å². The Kier molecular flexibility index (Phi) is 4.77. The molecule has 0 spiro atoms. The van der Waals surface area contributed by atoms with Crippen LogP contribution in [0.5, 0.6) is 0 Å². The van der Waals surface area contributed by atoms with Crippen LogP contribution in [0.15, 0.2) is 28.7 Å². The van der Waals surface area contributed by atoms with E-state index >= 15 is 0 Å². The van der Waals surface area contributed by atoms with Gasteiger partial charge in [-0.2, -0.15) is 0 Å². The minimum atomic E-state index is -0.0183.